The van der Waals surface area contributed by atoms with Crippen LogP contribution in [-0.4, -0.2) is 99.8 Å². The van der Waals surface area contributed by atoms with Gasteiger partial charge in [0.1, 0.15) is 55.0 Å². The van der Waals surface area contributed by atoms with E-state index in [2.05, 4.69) is 78.3 Å². The van der Waals surface area contributed by atoms with Crippen LogP contribution in [0.5, 0.6) is 23.0 Å². The number of benzene rings is 4. The van der Waals surface area contributed by atoms with Crippen LogP contribution in [0.3, 0.4) is 0 Å². The van der Waals surface area contributed by atoms with Crippen LogP contribution in [0.25, 0.3) is 23.5 Å². The Kier molecular flexibility index (Phi) is 17.3. The first-order chi connectivity index (χ1) is 43.5. The van der Waals surface area contributed by atoms with Crippen LogP contribution in [0, 0.1) is 33.6 Å². The molecule has 0 saturated carbocycles. The molecule has 32 nitrogen and oxygen atoms in total. The lowest BCUT2D eigenvalue weighted by atomic mass is 10.2. The molecule has 8 heterocycles. The summed E-state index contributed by atoms with van der Waals surface area (Å²) in [5, 5.41) is 43.5. The summed E-state index contributed by atoms with van der Waals surface area (Å²) in [5.41, 5.74) is 2.66. The maximum atomic E-state index is 13.8. The number of hydrogen-bond acceptors (Lipinski definition) is 24. The second-order valence-electron chi connectivity index (χ2n) is 18.0. The fourth-order valence-electron chi connectivity index (χ4n) is 7.25. The molecule has 35 heteroatoms. The van der Waals surface area contributed by atoms with Crippen LogP contribution in [0.1, 0.15) is 50.0 Å². The quantitative estimate of drug-likeness (QED) is 0.124. The van der Waals surface area contributed by atoms with Crippen molar-refractivity contribution in [2.75, 3.05) is 0 Å². The highest BCUT2D eigenvalue weighted by Crippen LogP contribution is 2.28. The lowest BCUT2D eigenvalue weighted by Crippen LogP contribution is -2.22. The predicted octanol–water partition coefficient (Wildman–Crippen LogP) is 4.92. The van der Waals surface area contributed by atoms with Gasteiger partial charge in [-0.15, -0.1) is 18.7 Å². The van der Waals surface area contributed by atoms with Gasteiger partial charge in [-0.25, -0.2) is 19.2 Å². The van der Waals surface area contributed by atoms with Crippen LogP contribution in [0.4, 0.5) is 4.39 Å². The summed E-state index contributed by atoms with van der Waals surface area (Å²) >= 11 is 9.26. The highest BCUT2D eigenvalue weighted by Gasteiger charge is 2.25. The summed E-state index contributed by atoms with van der Waals surface area (Å²) < 4.78 is 95.2. The Balaban J connectivity index is 0.000000144. The minimum atomic E-state index is -0.896. The average Bonchev–Trinajstić information content (AvgIpc) is 1.76. The van der Waals surface area contributed by atoms with Gasteiger partial charge in [0.25, 0.3) is 29.5 Å². The number of tetrazole rings is 4. The van der Waals surface area contributed by atoms with Crippen LogP contribution in [0.15, 0.2) is 145 Å². The van der Waals surface area contributed by atoms with Gasteiger partial charge >= 0.3 is 22.8 Å². The molecule has 0 saturated heterocycles. The second-order valence-corrected chi connectivity index (χ2v) is 19.1. The van der Waals surface area contributed by atoms with Crippen molar-refractivity contribution in [2.24, 2.45) is 28.2 Å². The minimum absolute atomic E-state index is 0.0267. The van der Waals surface area contributed by atoms with Crippen molar-refractivity contribution in [2.45, 2.75) is 54.1 Å². The van der Waals surface area contributed by atoms with E-state index in [1.807, 2.05) is 20.8 Å². The second kappa shape index (κ2) is 27.2. The standard InChI is InChI=1S/C13H12BrN5O3.C13H12ClN5O3.C13H12FN5O3.C13H13N5O3/c3*1-8-5-3-4-6-10(8)21-7-9-11(14)15-22-12(9)19-13(20)18(2)16-17-19;1-9-5-3-4-6-11(9)20-8-10-7-14-21-12(10)18-13(19)17(2)15-16-18/h3*3-6H,7H2,1-2H3;3-7H,8H2,1-2H3/i4*3T. The topological polar surface area (TPSA) is 352 Å². The Bertz CT molecular complexity index is 4450. The third kappa shape index (κ3) is 13.9. The fourth-order valence-corrected chi connectivity index (χ4v) is 7.78. The molecular formula is C52H49BrClFN20O12. The fraction of sp³-hybridized carbons (Fsp3) is 0.231. The lowest BCUT2D eigenvalue weighted by molar-refractivity contribution is 0.296. The highest BCUT2D eigenvalue weighted by atomic mass is 79.9. The van der Waals surface area contributed by atoms with Crippen molar-refractivity contribution in [1.29, 1.82) is 0 Å². The van der Waals surface area contributed by atoms with Crippen LogP contribution in [-0.2, 0) is 54.6 Å². The molecule has 0 N–H and O–H groups in total. The normalized spacial score (nSPS) is 11.5. The SMILES string of the molecule is [3H]c1ccc(OCc2c(Br)noc2-n2nnn(C)c2=O)c(C)c1.[3H]c1ccc(OCc2c(Cl)noc2-n2nnn(C)c2=O)c(C)c1.[3H]c1ccc(OCc2c(F)noc2-n2nnn(C)c2=O)c(C)c1.[3H]c1ccc(OCc2cnoc2-n2nnn(C)c2=O)c(C)c1. The number of aryl methyl sites for hydroxylation is 8. The highest BCUT2D eigenvalue weighted by molar-refractivity contribution is 9.10. The Morgan fingerprint density at radius 3 is 1.22 bits per heavy atom. The van der Waals surface area contributed by atoms with Crippen molar-refractivity contribution >= 4 is 27.5 Å². The maximum Gasteiger partial charge on any atom is 0.370 e. The minimum Gasteiger partial charge on any atom is -0.488 e. The van der Waals surface area contributed by atoms with Crippen molar-refractivity contribution in [3.63, 3.8) is 0 Å². The molecule has 0 spiro atoms. The first kappa shape index (κ1) is 55.3. The summed E-state index contributed by atoms with van der Waals surface area (Å²) in [6.07, 6.45) is 1.46. The molecule has 450 valence electrons. The number of rotatable bonds is 16. The van der Waals surface area contributed by atoms with E-state index >= 15 is 0 Å². The molecule has 12 rings (SSSR count). The van der Waals surface area contributed by atoms with Gasteiger partial charge in [0.2, 0.25) is 0 Å². The number of nitrogens with zero attached hydrogens (tertiary/aromatic N) is 20. The number of para-hydroxylation sites is 4. The molecule has 0 aliphatic carbocycles. The van der Waals surface area contributed by atoms with E-state index in [1.165, 1.54) is 34.4 Å². The average molecular weight is 1290 g/mol. The van der Waals surface area contributed by atoms with Gasteiger partial charge in [-0.2, -0.15) is 23.1 Å². The van der Waals surface area contributed by atoms with Gasteiger partial charge in [0.05, 0.1) is 28.4 Å². The molecule has 0 fully saturated rings. The molecule has 4 aromatic carbocycles. The van der Waals surface area contributed by atoms with Crippen molar-refractivity contribution in [3.05, 3.63) is 205 Å². The molecule has 0 aliphatic rings. The molecular weight excluding hydrogens is 1230 g/mol. The van der Waals surface area contributed by atoms with Gasteiger partial charge in [-0.05, 0) is 137 Å². The number of halogens is 3. The Labute approximate surface area is 506 Å². The zero-order chi connectivity index (χ0) is 65.4. The lowest BCUT2D eigenvalue weighted by Gasteiger charge is -2.08. The number of hydrogen-bond donors (Lipinski definition) is 0. The van der Waals surface area contributed by atoms with Crippen molar-refractivity contribution in [1.82, 2.24) is 99.8 Å². The van der Waals surface area contributed by atoms with Crippen LogP contribution < -0.4 is 41.7 Å². The third-order valence-corrected chi connectivity index (χ3v) is 12.9. The monoisotopic (exact) mass is 1290 g/mol. The largest absolute Gasteiger partial charge is 0.488 e. The van der Waals surface area contributed by atoms with E-state index in [1.54, 1.807) is 79.7 Å². The van der Waals surface area contributed by atoms with Gasteiger partial charge in [-0.3, -0.25) is 0 Å². The van der Waals surface area contributed by atoms with Crippen molar-refractivity contribution < 1.29 is 46.9 Å². The van der Waals surface area contributed by atoms with Crippen LogP contribution >= 0.6 is 27.5 Å². The first-order valence-electron chi connectivity index (χ1n) is 27.1. The Morgan fingerprint density at radius 2 is 0.816 bits per heavy atom. The number of aromatic nitrogens is 20. The van der Waals surface area contributed by atoms with Gasteiger partial charge < -0.3 is 37.0 Å². The summed E-state index contributed by atoms with van der Waals surface area (Å²) in [7, 11) is 5.84. The molecule has 0 atom stereocenters. The summed E-state index contributed by atoms with van der Waals surface area (Å²) in [4.78, 5) is 47.5. The first-order valence-corrected chi connectivity index (χ1v) is 26.3. The van der Waals surface area contributed by atoms with Gasteiger partial charge in [0, 0.05) is 28.2 Å². The summed E-state index contributed by atoms with van der Waals surface area (Å²) in [6.45, 7) is 7.38. The van der Waals surface area contributed by atoms with E-state index in [9.17, 15) is 23.6 Å². The molecule has 0 radical (unpaired) electrons. The van der Waals surface area contributed by atoms with E-state index in [0.717, 1.165) is 59.7 Å². The predicted molar refractivity (Wildman–Crippen MR) is 301 cm³/mol. The summed E-state index contributed by atoms with van der Waals surface area (Å²) in [6, 6.07) is 21.5. The molecule has 0 bridgehead atoms. The Hall–Kier alpha value is -10.9. The zero-order valence-corrected chi connectivity index (χ0v) is 49.2. The van der Waals surface area contributed by atoms with Gasteiger partial charge in [0.15, 0.2) is 9.76 Å². The van der Waals surface area contributed by atoms with E-state index < -0.39 is 28.7 Å². The molecule has 87 heavy (non-hydrogen) atoms. The van der Waals surface area contributed by atoms with E-state index in [0.29, 0.717) is 68.5 Å². The van der Waals surface area contributed by atoms with Gasteiger partial charge in [-0.1, -0.05) is 99.8 Å². The molecule has 12 aromatic rings. The smallest absolute Gasteiger partial charge is 0.370 e. The van der Waals surface area contributed by atoms with E-state index in [-0.39, 0.29) is 60.7 Å². The molecule has 0 amide bonds. The molecule has 8 aromatic heterocycles. The summed E-state index contributed by atoms with van der Waals surface area (Å²) in [5.74, 6) is 1.65. The third-order valence-electron chi connectivity index (χ3n) is 12.0. The van der Waals surface area contributed by atoms with E-state index in [4.69, 9.17) is 54.1 Å². The van der Waals surface area contributed by atoms with Crippen molar-refractivity contribution in [3.8, 4) is 46.5 Å². The maximum absolute atomic E-state index is 13.8. The molecule has 0 unspecified atom stereocenters. The number of ether oxygens (including phenoxy) is 4. The van der Waals surface area contributed by atoms with Crippen LogP contribution in [0.2, 0.25) is 5.15 Å². The zero-order valence-electron chi connectivity index (χ0n) is 50.8. The Morgan fingerprint density at radius 1 is 0.471 bits per heavy atom. The molecule has 0 aliphatic heterocycles.